The van der Waals surface area contributed by atoms with Crippen molar-refractivity contribution in [2.75, 3.05) is 24.6 Å². The second-order valence-electron chi connectivity index (χ2n) is 7.29. The van der Waals surface area contributed by atoms with E-state index in [9.17, 15) is 22.7 Å². The second kappa shape index (κ2) is 8.49. The molecule has 0 saturated carbocycles. The number of benzene rings is 1. The van der Waals surface area contributed by atoms with Crippen LogP contribution in [-0.2, 0) is 0 Å². The Bertz CT molecular complexity index is 1000. The molecule has 164 valence electrons. The van der Waals surface area contributed by atoms with Gasteiger partial charge in [-0.15, -0.1) is 13.2 Å². The third kappa shape index (κ3) is 4.68. The molecule has 0 amide bonds. The lowest BCUT2D eigenvalue weighted by Gasteiger charge is -2.49. The van der Waals surface area contributed by atoms with E-state index < -0.39 is 12.2 Å². The zero-order chi connectivity index (χ0) is 22.2. The fraction of sp³-hybridized carbons (Fsp3) is 0.286. The zero-order valence-corrected chi connectivity index (χ0v) is 16.8. The summed E-state index contributed by atoms with van der Waals surface area (Å²) in [6.45, 7) is 1.28. The van der Waals surface area contributed by atoms with Gasteiger partial charge in [0.1, 0.15) is 11.9 Å². The van der Waals surface area contributed by atoms with Crippen LogP contribution in [0.2, 0.25) is 5.15 Å². The van der Waals surface area contributed by atoms with Gasteiger partial charge in [0.05, 0.1) is 0 Å². The van der Waals surface area contributed by atoms with Crippen LogP contribution in [0.5, 0.6) is 5.75 Å². The maximum Gasteiger partial charge on any atom is 0.573 e. The Hall–Kier alpha value is -2.62. The normalized spacial score (nSPS) is 19.9. The number of ether oxygens (including phenoxy) is 1. The minimum atomic E-state index is -4.77. The highest BCUT2D eigenvalue weighted by atomic mass is 35.5. The molecule has 4 rings (SSSR count). The summed E-state index contributed by atoms with van der Waals surface area (Å²) in [6.07, 6.45) is 1.73. The number of pyridine rings is 1. The van der Waals surface area contributed by atoms with Crippen LogP contribution >= 0.6 is 11.6 Å². The summed E-state index contributed by atoms with van der Waals surface area (Å²) in [5, 5.41) is 9.18. The van der Waals surface area contributed by atoms with Crippen LogP contribution in [0.25, 0.3) is 5.57 Å². The van der Waals surface area contributed by atoms with Crippen molar-refractivity contribution in [2.24, 2.45) is 5.92 Å². The Kier molecular flexibility index (Phi) is 5.92. The summed E-state index contributed by atoms with van der Waals surface area (Å²) in [5.41, 5.74) is 1.90. The molecule has 2 aliphatic heterocycles. The van der Waals surface area contributed by atoms with Crippen LogP contribution in [0.1, 0.15) is 5.56 Å². The van der Waals surface area contributed by atoms with Crippen LogP contribution in [-0.4, -0.2) is 47.2 Å². The molecule has 1 fully saturated rings. The van der Waals surface area contributed by atoms with Crippen molar-refractivity contribution < 1.29 is 27.4 Å². The number of nitrogens with zero attached hydrogens (tertiary/aromatic N) is 3. The van der Waals surface area contributed by atoms with Gasteiger partial charge in [-0.2, -0.15) is 0 Å². The van der Waals surface area contributed by atoms with E-state index in [2.05, 4.69) is 14.6 Å². The molecule has 2 aliphatic rings. The number of aliphatic hydroxyl groups excluding tert-OH is 1. The van der Waals surface area contributed by atoms with Crippen LogP contribution < -0.4 is 9.64 Å². The van der Waals surface area contributed by atoms with Gasteiger partial charge in [-0.05, 0) is 42.0 Å². The molecule has 1 aromatic carbocycles. The highest BCUT2D eigenvalue weighted by molar-refractivity contribution is 6.29. The monoisotopic (exact) mass is 455 g/mol. The molecule has 3 heterocycles. The van der Waals surface area contributed by atoms with Crippen LogP contribution in [0, 0.1) is 11.7 Å². The third-order valence-electron chi connectivity index (χ3n) is 5.15. The maximum atomic E-state index is 14.1. The molecular weight excluding hydrogens is 438 g/mol. The van der Waals surface area contributed by atoms with Crippen molar-refractivity contribution in [1.29, 1.82) is 0 Å². The fourth-order valence-corrected chi connectivity index (χ4v) is 3.83. The summed E-state index contributed by atoms with van der Waals surface area (Å²) >= 11 is 5.72. The third-order valence-corrected chi connectivity index (χ3v) is 5.43. The first-order chi connectivity index (χ1) is 14.7. The lowest BCUT2D eigenvalue weighted by Crippen LogP contribution is -2.59. The Balaban J connectivity index is 1.66. The smallest absolute Gasteiger partial charge is 0.406 e. The van der Waals surface area contributed by atoms with E-state index in [1.54, 1.807) is 12.3 Å². The van der Waals surface area contributed by atoms with Gasteiger partial charge >= 0.3 is 6.36 Å². The molecule has 0 radical (unpaired) electrons. The lowest BCUT2D eigenvalue weighted by atomic mass is 9.93. The Labute approximate surface area is 180 Å². The van der Waals surface area contributed by atoms with Gasteiger partial charge in [0.15, 0.2) is 11.0 Å². The molecular formula is C21H18ClF4N3O2. The van der Waals surface area contributed by atoms with E-state index in [1.165, 1.54) is 36.5 Å². The molecule has 10 heteroatoms. The molecule has 0 aliphatic carbocycles. The number of alkyl halides is 3. The lowest BCUT2D eigenvalue weighted by molar-refractivity contribution is -0.274. The predicted molar refractivity (Wildman–Crippen MR) is 108 cm³/mol. The highest BCUT2D eigenvalue weighted by Crippen LogP contribution is 2.37. The number of likely N-dealkylation sites (tertiary alicyclic amines) is 1. The first kappa shape index (κ1) is 21.6. The molecule has 1 N–H and O–H groups in total. The number of anilines is 1. The van der Waals surface area contributed by atoms with Crippen molar-refractivity contribution in [3.8, 4) is 5.75 Å². The Morgan fingerprint density at radius 3 is 2.52 bits per heavy atom. The topological polar surface area (TPSA) is 48.8 Å². The number of aromatic nitrogens is 1. The molecule has 0 bridgehead atoms. The van der Waals surface area contributed by atoms with Crippen LogP contribution in [0.15, 0.2) is 54.9 Å². The molecule has 0 spiro atoms. The van der Waals surface area contributed by atoms with Gasteiger partial charge in [-0.25, -0.2) is 9.37 Å². The minimum absolute atomic E-state index is 0.0543. The van der Waals surface area contributed by atoms with Gasteiger partial charge in [-0.3, -0.25) is 4.90 Å². The van der Waals surface area contributed by atoms with Crippen LogP contribution in [0.3, 0.4) is 0 Å². The quantitative estimate of drug-likeness (QED) is 0.533. The standard InChI is InChI=1S/C21H18ClF4N3O2/c22-19-18(23)8-14(9-27-19)17-2-1-7-29(20(17)28-10-13(11-28)12-30)15-3-5-16(6-4-15)31-21(24,25)26/h1-9,13,20,30H,10-12H2. The van der Waals surface area contributed by atoms with Crippen molar-refractivity contribution in [2.45, 2.75) is 12.5 Å². The van der Waals surface area contributed by atoms with E-state index in [0.29, 0.717) is 24.3 Å². The number of hydrogen-bond donors (Lipinski definition) is 1. The average molecular weight is 456 g/mol. The molecule has 5 nitrogen and oxygen atoms in total. The number of aliphatic hydroxyl groups is 1. The van der Waals surface area contributed by atoms with Crippen molar-refractivity contribution >= 4 is 22.9 Å². The van der Waals surface area contributed by atoms with Gasteiger partial charge in [0.2, 0.25) is 0 Å². The Morgan fingerprint density at radius 1 is 1.19 bits per heavy atom. The van der Waals surface area contributed by atoms with E-state index in [4.69, 9.17) is 11.6 Å². The number of hydrogen-bond acceptors (Lipinski definition) is 5. The van der Waals surface area contributed by atoms with Gasteiger partial charge < -0.3 is 14.7 Å². The molecule has 1 unspecified atom stereocenters. The number of halogens is 5. The van der Waals surface area contributed by atoms with E-state index >= 15 is 0 Å². The fourth-order valence-electron chi connectivity index (χ4n) is 3.73. The summed E-state index contributed by atoms with van der Waals surface area (Å²) in [4.78, 5) is 7.85. The van der Waals surface area contributed by atoms with Gasteiger partial charge in [-0.1, -0.05) is 17.7 Å². The number of allylic oxidation sites excluding steroid dienone is 2. The predicted octanol–water partition coefficient (Wildman–Crippen LogP) is 4.44. The average Bonchev–Trinajstić information content (AvgIpc) is 2.69. The summed E-state index contributed by atoms with van der Waals surface area (Å²) in [7, 11) is 0. The van der Waals surface area contributed by atoms with E-state index in [0.717, 1.165) is 5.57 Å². The van der Waals surface area contributed by atoms with Crippen molar-refractivity contribution in [3.05, 3.63) is 71.4 Å². The molecule has 1 saturated heterocycles. The largest absolute Gasteiger partial charge is 0.573 e. The van der Waals surface area contributed by atoms with Gasteiger partial charge in [0, 0.05) is 49.3 Å². The number of rotatable bonds is 5. The first-order valence-electron chi connectivity index (χ1n) is 9.44. The van der Waals surface area contributed by atoms with Crippen LogP contribution in [0.4, 0.5) is 23.2 Å². The first-order valence-corrected chi connectivity index (χ1v) is 9.82. The van der Waals surface area contributed by atoms with Crippen molar-refractivity contribution in [3.63, 3.8) is 0 Å². The van der Waals surface area contributed by atoms with Crippen molar-refractivity contribution in [1.82, 2.24) is 9.88 Å². The van der Waals surface area contributed by atoms with E-state index in [1.807, 2.05) is 11.0 Å². The summed E-state index contributed by atoms with van der Waals surface area (Å²) < 4.78 is 55.4. The maximum absolute atomic E-state index is 14.1. The summed E-state index contributed by atoms with van der Waals surface area (Å²) in [6, 6.07) is 6.82. The minimum Gasteiger partial charge on any atom is -0.406 e. The molecule has 31 heavy (non-hydrogen) atoms. The van der Waals surface area contributed by atoms with E-state index in [-0.39, 0.29) is 29.6 Å². The Morgan fingerprint density at radius 2 is 1.90 bits per heavy atom. The molecule has 1 atom stereocenters. The second-order valence-corrected chi connectivity index (χ2v) is 7.64. The molecule has 1 aromatic heterocycles. The SMILES string of the molecule is OCC1CN(C2C(c3cnc(Cl)c(F)c3)=CC=CN2c2ccc(OC(F)(F)F)cc2)C1. The highest BCUT2D eigenvalue weighted by Gasteiger charge is 2.38. The van der Waals surface area contributed by atoms with Gasteiger partial charge in [0.25, 0.3) is 0 Å². The summed E-state index contributed by atoms with van der Waals surface area (Å²) in [5.74, 6) is -0.847. The zero-order valence-electron chi connectivity index (χ0n) is 16.1. The molecule has 2 aromatic rings.